The Morgan fingerprint density at radius 3 is 2.79 bits per heavy atom. The van der Waals surface area contributed by atoms with E-state index in [-0.39, 0.29) is 0 Å². The molecule has 100 valence electrons. The second-order valence-electron chi connectivity index (χ2n) is 4.22. The molecule has 1 aromatic carbocycles. The highest BCUT2D eigenvalue weighted by Crippen LogP contribution is 2.20. The van der Waals surface area contributed by atoms with Gasteiger partial charge in [0.25, 0.3) is 0 Å². The molecule has 0 radical (unpaired) electrons. The van der Waals surface area contributed by atoms with Crippen LogP contribution in [0.25, 0.3) is 0 Å². The third kappa shape index (κ3) is 3.79. The molecule has 2 rings (SSSR count). The molecule has 0 fully saturated rings. The molecule has 1 N–H and O–H groups in total. The lowest BCUT2D eigenvalue weighted by molar-refractivity contribution is 0.929. The smallest absolute Gasteiger partial charge is 0.143 e. The largest absolute Gasteiger partial charge is 0.369 e. The number of nitrogens with one attached hydrogen (secondary N) is 1. The first kappa shape index (κ1) is 14.5. The summed E-state index contributed by atoms with van der Waals surface area (Å²) < 4.78 is 1.08. The molecule has 0 saturated carbocycles. The van der Waals surface area contributed by atoms with Gasteiger partial charge in [-0.05, 0) is 54.1 Å². The van der Waals surface area contributed by atoms with Gasteiger partial charge in [-0.2, -0.15) is 0 Å². The van der Waals surface area contributed by atoms with Gasteiger partial charge in [-0.1, -0.05) is 23.7 Å². The molecule has 1 heterocycles. The molecule has 0 atom stereocenters. The fourth-order valence-corrected chi connectivity index (χ4v) is 2.46. The Morgan fingerprint density at radius 2 is 2.11 bits per heavy atom. The molecule has 0 bridgehead atoms. The molecular weight excluding hydrogens is 373 g/mol. The van der Waals surface area contributed by atoms with E-state index in [9.17, 15) is 0 Å². The van der Waals surface area contributed by atoms with Crippen LogP contribution in [0.3, 0.4) is 0 Å². The average molecular weight is 388 g/mol. The van der Waals surface area contributed by atoms with Crippen LogP contribution in [0.2, 0.25) is 5.02 Å². The van der Waals surface area contributed by atoms with Gasteiger partial charge in [0.1, 0.15) is 11.6 Å². The van der Waals surface area contributed by atoms with Crippen molar-refractivity contribution in [2.75, 3.05) is 11.9 Å². The number of rotatable bonds is 4. The molecule has 0 amide bonds. The van der Waals surface area contributed by atoms with E-state index in [0.717, 1.165) is 38.0 Å². The van der Waals surface area contributed by atoms with E-state index in [1.54, 1.807) is 0 Å². The van der Waals surface area contributed by atoms with Gasteiger partial charge in [-0.3, -0.25) is 0 Å². The number of aromatic nitrogens is 2. The molecule has 5 heteroatoms. The van der Waals surface area contributed by atoms with Gasteiger partial charge < -0.3 is 5.32 Å². The average Bonchev–Trinajstić information content (AvgIpc) is 2.35. The molecular formula is C14H15ClIN3. The highest BCUT2D eigenvalue weighted by Gasteiger charge is 2.09. The minimum absolute atomic E-state index is 0.691. The van der Waals surface area contributed by atoms with Gasteiger partial charge in [0.2, 0.25) is 0 Å². The van der Waals surface area contributed by atoms with Crippen LogP contribution >= 0.6 is 34.2 Å². The van der Waals surface area contributed by atoms with E-state index >= 15 is 0 Å². The van der Waals surface area contributed by atoms with Gasteiger partial charge in [0, 0.05) is 18.0 Å². The summed E-state index contributed by atoms with van der Waals surface area (Å²) in [5.41, 5.74) is 2.12. The first-order valence-corrected chi connectivity index (χ1v) is 7.57. The lowest BCUT2D eigenvalue weighted by atomic mass is 10.1. The quantitative estimate of drug-likeness (QED) is 0.804. The van der Waals surface area contributed by atoms with E-state index in [0.29, 0.717) is 6.42 Å². The first-order chi connectivity index (χ1) is 9.10. The maximum atomic E-state index is 5.99. The Bertz CT molecular complexity index is 587. The summed E-state index contributed by atoms with van der Waals surface area (Å²) in [6.45, 7) is 4.92. The SMILES string of the molecule is CCNc1nc(Cc2cccc(Cl)c2)nc(C)c1I. The van der Waals surface area contributed by atoms with Crippen LogP contribution in [0.1, 0.15) is 24.0 Å². The molecule has 0 spiro atoms. The summed E-state index contributed by atoms with van der Waals surface area (Å²) in [5.74, 6) is 1.73. The van der Waals surface area contributed by atoms with Crippen LogP contribution in [-0.4, -0.2) is 16.5 Å². The highest BCUT2D eigenvalue weighted by atomic mass is 127. The lowest BCUT2D eigenvalue weighted by Gasteiger charge is -2.10. The van der Waals surface area contributed by atoms with Crippen LogP contribution < -0.4 is 5.32 Å². The molecule has 1 aromatic heterocycles. The summed E-state index contributed by atoms with van der Waals surface area (Å²) in [6, 6.07) is 7.80. The van der Waals surface area contributed by atoms with Crippen LogP contribution in [-0.2, 0) is 6.42 Å². The normalized spacial score (nSPS) is 10.5. The number of hydrogen-bond donors (Lipinski definition) is 1. The third-order valence-electron chi connectivity index (χ3n) is 2.66. The van der Waals surface area contributed by atoms with Crippen molar-refractivity contribution in [3.05, 3.63) is 49.9 Å². The number of nitrogens with zero attached hydrogens (tertiary/aromatic N) is 2. The van der Waals surface area contributed by atoms with Gasteiger partial charge in [-0.25, -0.2) is 9.97 Å². The Balaban J connectivity index is 2.30. The zero-order valence-corrected chi connectivity index (χ0v) is 13.8. The molecule has 19 heavy (non-hydrogen) atoms. The second-order valence-corrected chi connectivity index (χ2v) is 5.74. The van der Waals surface area contributed by atoms with E-state index in [1.165, 1.54) is 0 Å². The van der Waals surface area contributed by atoms with Crippen molar-refractivity contribution in [3.8, 4) is 0 Å². The number of aryl methyl sites for hydroxylation is 1. The van der Waals surface area contributed by atoms with Crippen LogP contribution in [0.5, 0.6) is 0 Å². The third-order valence-corrected chi connectivity index (χ3v) is 4.19. The summed E-state index contributed by atoms with van der Waals surface area (Å²) in [5, 5.41) is 4.01. The van der Waals surface area contributed by atoms with Crippen molar-refractivity contribution < 1.29 is 0 Å². The maximum absolute atomic E-state index is 5.99. The lowest BCUT2D eigenvalue weighted by Crippen LogP contribution is -2.08. The summed E-state index contributed by atoms with van der Waals surface area (Å²) in [7, 11) is 0. The van der Waals surface area contributed by atoms with E-state index < -0.39 is 0 Å². The van der Waals surface area contributed by atoms with Crippen molar-refractivity contribution in [1.82, 2.24) is 9.97 Å². The van der Waals surface area contributed by atoms with Gasteiger partial charge >= 0.3 is 0 Å². The van der Waals surface area contributed by atoms with E-state index in [2.05, 4.69) is 44.8 Å². The van der Waals surface area contributed by atoms with Crippen LogP contribution in [0.15, 0.2) is 24.3 Å². The number of benzene rings is 1. The number of halogens is 2. The molecule has 0 unspecified atom stereocenters. The Labute approximate surface area is 132 Å². The maximum Gasteiger partial charge on any atom is 0.143 e. The van der Waals surface area contributed by atoms with Crippen LogP contribution in [0.4, 0.5) is 5.82 Å². The molecule has 0 aliphatic heterocycles. The van der Waals surface area contributed by atoms with Crippen molar-refractivity contribution in [1.29, 1.82) is 0 Å². The highest BCUT2D eigenvalue weighted by molar-refractivity contribution is 14.1. The van der Waals surface area contributed by atoms with Crippen molar-refractivity contribution in [2.24, 2.45) is 0 Å². The predicted molar refractivity (Wildman–Crippen MR) is 87.9 cm³/mol. The Kier molecular flexibility index (Phi) is 4.99. The summed E-state index contributed by atoms with van der Waals surface area (Å²) in [4.78, 5) is 9.11. The molecule has 0 aliphatic carbocycles. The number of hydrogen-bond acceptors (Lipinski definition) is 3. The van der Waals surface area contributed by atoms with Gasteiger partial charge in [0.15, 0.2) is 0 Å². The molecule has 2 aromatic rings. The Morgan fingerprint density at radius 1 is 1.32 bits per heavy atom. The second kappa shape index (κ2) is 6.52. The summed E-state index contributed by atoms with van der Waals surface area (Å²) in [6.07, 6.45) is 0.691. The van der Waals surface area contributed by atoms with E-state index in [1.807, 2.05) is 31.2 Å². The summed E-state index contributed by atoms with van der Waals surface area (Å²) >= 11 is 8.27. The van der Waals surface area contributed by atoms with Crippen LogP contribution in [0, 0.1) is 10.5 Å². The van der Waals surface area contributed by atoms with Crippen molar-refractivity contribution >= 4 is 40.0 Å². The minimum atomic E-state index is 0.691. The van der Waals surface area contributed by atoms with Crippen molar-refractivity contribution in [2.45, 2.75) is 20.3 Å². The molecule has 0 aliphatic rings. The van der Waals surface area contributed by atoms with Gasteiger partial charge in [-0.15, -0.1) is 0 Å². The monoisotopic (exact) mass is 387 g/mol. The van der Waals surface area contributed by atoms with E-state index in [4.69, 9.17) is 11.6 Å². The van der Waals surface area contributed by atoms with Crippen molar-refractivity contribution in [3.63, 3.8) is 0 Å². The Hall–Kier alpha value is -0.880. The molecule has 3 nitrogen and oxygen atoms in total. The zero-order chi connectivity index (χ0) is 13.8. The fraction of sp³-hybridized carbons (Fsp3) is 0.286. The molecule has 0 saturated heterocycles. The predicted octanol–water partition coefficient (Wildman–Crippen LogP) is 4.07. The van der Waals surface area contributed by atoms with Gasteiger partial charge in [0.05, 0.1) is 9.26 Å². The standard InChI is InChI=1S/C14H15ClIN3/c1-3-17-14-13(16)9(2)18-12(19-14)8-10-5-4-6-11(15)7-10/h4-7H,3,8H2,1-2H3,(H,17,18,19). The number of anilines is 1. The topological polar surface area (TPSA) is 37.8 Å². The minimum Gasteiger partial charge on any atom is -0.369 e. The first-order valence-electron chi connectivity index (χ1n) is 6.11. The zero-order valence-electron chi connectivity index (χ0n) is 10.9. The fourth-order valence-electron chi connectivity index (χ4n) is 1.81.